The molecule has 0 bridgehead atoms. The van der Waals surface area contributed by atoms with Gasteiger partial charge in [0.1, 0.15) is 11.9 Å². The lowest BCUT2D eigenvalue weighted by Crippen LogP contribution is -2.34. The van der Waals surface area contributed by atoms with Gasteiger partial charge >= 0.3 is 5.97 Å². The Balaban J connectivity index is 2.19. The first-order valence-electron chi connectivity index (χ1n) is 7.23. The number of carboxylic acids is 1. The zero-order chi connectivity index (χ0) is 16.1. The fourth-order valence-electron chi connectivity index (χ4n) is 2.68. The average Bonchev–Trinajstić information content (AvgIpc) is 2.50. The largest absolute Gasteiger partial charge is 0.480 e. The second-order valence-corrected chi connectivity index (χ2v) is 5.51. The van der Waals surface area contributed by atoms with E-state index in [2.05, 4.69) is 0 Å². The Morgan fingerprint density at radius 2 is 1.73 bits per heavy atom. The van der Waals surface area contributed by atoms with Gasteiger partial charge in [0.25, 0.3) is 0 Å². The standard InChI is InChI=1S/C18H20FNO2/c1-13(14-8-4-3-5-9-14)12-20(2)17(18(21)22)15-10-6-7-11-16(15)19/h3-11,13,17H,12H2,1-2H3,(H,21,22)/t13-,17-/m1/s1. The molecule has 0 aromatic heterocycles. The van der Waals surface area contributed by atoms with Crippen LogP contribution in [-0.2, 0) is 4.79 Å². The molecule has 0 amide bonds. The molecule has 0 aliphatic carbocycles. The molecular formula is C18H20FNO2. The number of halogens is 1. The van der Waals surface area contributed by atoms with Crippen molar-refractivity contribution in [1.82, 2.24) is 4.90 Å². The molecule has 0 spiro atoms. The van der Waals surface area contributed by atoms with Crippen molar-refractivity contribution in [3.63, 3.8) is 0 Å². The average molecular weight is 301 g/mol. The molecule has 1 N–H and O–H groups in total. The third-order valence-corrected chi connectivity index (χ3v) is 3.80. The zero-order valence-electron chi connectivity index (χ0n) is 12.7. The minimum atomic E-state index is -1.05. The number of likely N-dealkylation sites (N-methyl/N-ethyl adjacent to an activating group) is 1. The topological polar surface area (TPSA) is 40.5 Å². The number of nitrogens with zero attached hydrogens (tertiary/aromatic N) is 1. The molecule has 0 saturated carbocycles. The van der Waals surface area contributed by atoms with Crippen LogP contribution in [0.1, 0.15) is 30.0 Å². The van der Waals surface area contributed by atoms with Crippen LogP contribution in [0.4, 0.5) is 4.39 Å². The molecule has 0 fully saturated rings. The van der Waals surface area contributed by atoms with Gasteiger partial charge in [0.05, 0.1) is 0 Å². The third-order valence-electron chi connectivity index (χ3n) is 3.80. The molecular weight excluding hydrogens is 281 g/mol. The lowest BCUT2D eigenvalue weighted by Gasteiger charge is -2.28. The summed E-state index contributed by atoms with van der Waals surface area (Å²) in [5.41, 5.74) is 1.32. The van der Waals surface area contributed by atoms with E-state index >= 15 is 0 Å². The smallest absolute Gasteiger partial charge is 0.325 e. The summed E-state index contributed by atoms with van der Waals surface area (Å²) in [5, 5.41) is 9.50. The summed E-state index contributed by atoms with van der Waals surface area (Å²) >= 11 is 0. The number of hydrogen-bond donors (Lipinski definition) is 1. The summed E-state index contributed by atoms with van der Waals surface area (Å²) in [4.78, 5) is 13.3. The quantitative estimate of drug-likeness (QED) is 0.884. The van der Waals surface area contributed by atoms with Gasteiger partial charge in [0.15, 0.2) is 0 Å². The van der Waals surface area contributed by atoms with Gasteiger partial charge in [-0.1, -0.05) is 55.5 Å². The SMILES string of the molecule is C[C@H](CN(C)[C@@H](C(=O)O)c1ccccc1F)c1ccccc1. The van der Waals surface area contributed by atoms with Gasteiger partial charge in [-0.05, 0) is 24.6 Å². The van der Waals surface area contributed by atoms with Gasteiger partial charge in [-0.25, -0.2) is 4.39 Å². The summed E-state index contributed by atoms with van der Waals surface area (Å²) in [5.74, 6) is -1.39. The lowest BCUT2D eigenvalue weighted by atomic mass is 9.98. The van der Waals surface area contributed by atoms with Crippen LogP contribution in [0.25, 0.3) is 0 Å². The maximum atomic E-state index is 13.9. The molecule has 2 atom stereocenters. The van der Waals surface area contributed by atoms with Crippen molar-refractivity contribution in [1.29, 1.82) is 0 Å². The van der Waals surface area contributed by atoms with E-state index in [4.69, 9.17) is 0 Å². The second kappa shape index (κ2) is 7.18. The summed E-state index contributed by atoms with van der Waals surface area (Å²) in [6.07, 6.45) is 0. The third kappa shape index (κ3) is 3.71. The molecule has 0 aliphatic heterocycles. The van der Waals surface area contributed by atoms with Crippen molar-refractivity contribution < 1.29 is 14.3 Å². The predicted octanol–water partition coefficient (Wildman–Crippen LogP) is 3.69. The van der Waals surface area contributed by atoms with Crippen LogP contribution in [0.5, 0.6) is 0 Å². The van der Waals surface area contributed by atoms with Crippen LogP contribution in [0.2, 0.25) is 0 Å². The van der Waals surface area contributed by atoms with Gasteiger partial charge in [0, 0.05) is 12.1 Å². The first-order valence-corrected chi connectivity index (χ1v) is 7.23. The summed E-state index contributed by atoms with van der Waals surface area (Å²) < 4.78 is 13.9. The Labute approximate surface area is 130 Å². The first-order chi connectivity index (χ1) is 10.5. The number of aliphatic carboxylic acids is 1. The zero-order valence-corrected chi connectivity index (χ0v) is 12.7. The molecule has 0 radical (unpaired) electrons. The Bertz CT molecular complexity index is 630. The molecule has 0 aliphatic rings. The highest BCUT2D eigenvalue weighted by atomic mass is 19.1. The molecule has 2 rings (SSSR count). The molecule has 0 saturated heterocycles. The van der Waals surface area contributed by atoms with Gasteiger partial charge in [0.2, 0.25) is 0 Å². The fraction of sp³-hybridized carbons (Fsp3) is 0.278. The highest BCUT2D eigenvalue weighted by molar-refractivity contribution is 5.75. The van der Waals surface area contributed by atoms with Crippen molar-refractivity contribution >= 4 is 5.97 Å². The fourth-order valence-corrected chi connectivity index (χ4v) is 2.68. The van der Waals surface area contributed by atoms with Crippen molar-refractivity contribution in [2.24, 2.45) is 0 Å². The first kappa shape index (κ1) is 16.2. The molecule has 0 heterocycles. The summed E-state index contributed by atoms with van der Waals surface area (Å²) in [6.45, 7) is 2.56. The van der Waals surface area contributed by atoms with Crippen molar-refractivity contribution in [2.75, 3.05) is 13.6 Å². The number of carbonyl (C=O) groups is 1. The predicted molar refractivity (Wildman–Crippen MR) is 84.3 cm³/mol. The summed E-state index contributed by atoms with van der Waals surface area (Å²) in [7, 11) is 1.71. The van der Waals surface area contributed by atoms with Crippen LogP contribution >= 0.6 is 0 Å². The van der Waals surface area contributed by atoms with Crippen molar-refractivity contribution in [2.45, 2.75) is 18.9 Å². The van der Waals surface area contributed by atoms with Crippen LogP contribution in [0.3, 0.4) is 0 Å². The maximum absolute atomic E-state index is 13.9. The minimum absolute atomic E-state index is 0.153. The molecule has 116 valence electrons. The molecule has 3 nitrogen and oxygen atoms in total. The second-order valence-electron chi connectivity index (χ2n) is 5.51. The van der Waals surface area contributed by atoms with Crippen molar-refractivity contribution in [3.8, 4) is 0 Å². The Kier molecular flexibility index (Phi) is 5.28. The molecule has 0 unspecified atom stereocenters. The minimum Gasteiger partial charge on any atom is -0.480 e. The molecule has 2 aromatic rings. The van der Waals surface area contributed by atoms with Gasteiger partial charge in [-0.15, -0.1) is 0 Å². The Hall–Kier alpha value is -2.20. The summed E-state index contributed by atoms with van der Waals surface area (Å²) in [6, 6.07) is 14.9. The van der Waals surface area contributed by atoms with E-state index in [0.29, 0.717) is 6.54 Å². The number of benzene rings is 2. The van der Waals surface area contributed by atoms with Crippen LogP contribution in [0, 0.1) is 5.82 Å². The van der Waals surface area contributed by atoms with E-state index < -0.39 is 17.8 Å². The molecule has 2 aromatic carbocycles. The van der Waals surface area contributed by atoms with Gasteiger partial charge < -0.3 is 5.11 Å². The normalized spacial score (nSPS) is 13.8. The molecule has 22 heavy (non-hydrogen) atoms. The van der Waals surface area contributed by atoms with E-state index in [1.54, 1.807) is 24.1 Å². The number of hydrogen-bond acceptors (Lipinski definition) is 2. The van der Waals surface area contributed by atoms with Gasteiger partial charge in [-0.2, -0.15) is 0 Å². The number of carboxylic acid groups (broad SMARTS) is 1. The Morgan fingerprint density at radius 1 is 1.14 bits per heavy atom. The van der Waals surface area contributed by atoms with E-state index in [1.807, 2.05) is 37.3 Å². The van der Waals surface area contributed by atoms with E-state index in [0.717, 1.165) is 5.56 Å². The highest BCUT2D eigenvalue weighted by Gasteiger charge is 2.28. The van der Waals surface area contributed by atoms with E-state index in [9.17, 15) is 14.3 Å². The lowest BCUT2D eigenvalue weighted by molar-refractivity contribution is -0.143. The highest BCUT2D eigenvalue weighted by Crippen LogP contribution is 2.25. The van der Waals surface area contributed by atoms with E-state index in [-0.39, 0.29) is 11.5 Å². The molecule has 4 heteroatoms. The van der Waals surface area contributed by atoms with Gasteiger partial charge in [-0.3, -0.25) is 9.69 Å². The monoisotopic (exact) mass is 301 g/mol. The van der Waals surface area contributed by atoms with Crippen LogP contribution in [0.15, 0.2) is 54.6 Å². The van der Waals surface area contributed by atoms with Crippen molar-refractivity contribution in [3.05, 3.63) is 71.5 Å². The van der Waals surface area contributed by atoms with Crippen LogP contribution < -0.4 is 0 Å². The Morgan fingerprint density at radius 3 is 2.32 bits per heavy atom. The van der Waals surface area contributed by atoms with E-state index in [1.165, 1.54) is 12.1 Å². The van der Waals surface area contributed by atoms with Crippen LogP contribution in [-0.4, -0.2) is 29.6 Å². The maximum Gasteiger partial charge on any atom is 0.325 e. The number of rotatable bonds is 6.